The van der Waals surface area contributed by atoms with E-state index in [9.17, 15) is 10.2 Å². The van der Waals surface area contributed by atoms with Crippen LogP contribution in [0.25, 0.3) is 0 Å². The maximum Gasteiger partial charge on any atom is 0.103 e. The van der Waals surface area contributed by atoms with Crippen molar-refractivity contribution in [2.75, 3.05) is 13.7 Å². The van der Waals surface area contributed by atoms with Crippen LogP contribution in [0.4, 0.5) is 0 Å². The summed E-state index contributed by atoms with van der Waals surface area (Å²) in [5.74, 6) is 0. The quantitative estimate of drug-likeness (QED) is 0.501. The first-order valence-electron chi connectivity index (χ1n) is 6.71. The Balaban J connectivity index is 2.71. The summed E-state index contributed by atoms with van der Waals surface area (Å²) in [5.41, 5.74) is 3.35. The lowest BCUT2D eigenvalue weighted by atomic mass is 10.1. The largest absolute Gasteiger partial charge is 0.394 e. The Hall–Kier alpha value is -1.47. The zero-order chi connectivity index (χ0) is 15.7. The van der Waals surface area contributed by atoms with Crippen molar-refractivity contribution in [1.29, 1.82) is 0 Å². The number of thiocarbonyl (C=S) groups is 1. The SMILES string of the molecule is CN/C(=C\N(C=S)Cc1ccccc1)CC(O)C(O)CO. The van der Waals surface area contributed by atoms with E-state index in [0.717, 1.165) is 5.56 Å². The molecule has 0 aliphatic carbocycles. The summed E-state index contributed by atoms with van der Waals surface area (Å²) in [6.07, 6.45) is -0.200. The summed E-state index contributed by atoms with van der Waals surface area (Å²) in [6, 6.07) is 9.88. The highest BCUT2D eigenvalue weighted by Gasteiger charge is 2.16. The van der Waals surface area contributed by atoms with E-state index in [1.54, 1.807) is 13.2 Å². The van der Waals surface area contributed by atoms with Crippen LogP contribution in [0.1, 0.15) is 12.0 Å². The molecule has 0 aliphatic heterocycles. The minimum atomic E-state index is -1.16. The highest BCUT2D eigenvalue weighted by atomic mass is 32.1. The number of benzene rings is 1. The van der Waals surface area contributed by atoms with Crippen molar-refractivity contribution in [2.24, 2.45) is 0 Å². The Morgan fingerprint density at radius 1 is 1.29 bits per heavy atom. The normalized spacial score (nSPS) is 14.4. The molecule has 0 radical (unpaired) electrons. The van der Waals surface area contributed by atoms with E-state index in [2.05, 4.69) is 5.32 Å². The number of hydrogen-bond acceptors (Lipinski definition) is 5. The predicted octanol–water partition coefficient (Wildman–Crippen LogP) is 0.611. The fourth-order valence-electron chi connectivity index (χ4n) is 1.81. The maximum absolute atomic E-state index is 9.75. The van der Waals surface area contributed by atoms with Gasteiger partial charge in [0.25, 0.3) is 0 Å². The Morgan fingerprint density at radius 2 is 1.95 bits per heavy atom. The second kappa shape index (κ2) is 9.46. The molecule has 0 saturated carbocycles. The Kier molecular flexibility index (Phi) is 7.92. The van der Waals surface area contributed by atoms with Crippen LogP contribution in [-0.2, 0) is 6.54 Å². The molecule has 116 valence electrons. The lowest BCUT2D eigenvalue weighted by molar-refractivity contribution is -0.0138. The van der Waals surface area contributed by atoms with Crippen molar-refractivity contribution >= 4 is 17.7 Å². The van der Waals surface area contributed by atoms with Gasteiger partial charge in [0.2, 0.25) is 0 Å². The summed E-state index contributed by atoms with van der Waals surface area (Å²) in [6.45, 7) is 0.146. The summed E-state index contributed by atoms with van der Waals surface area (Å²) in [7, 11) is 1.73. The highest BCUT2D eigenvalue weighted by molar-refractivity contribution is 7.78. The molecule has 2 atom stereocenters. The van der Waals surface area contributed by atoms with Crippen LogP contribution in [0, 0.1) is 0 Å². The third kappa shape index (κ3) is 6.22. The molecule has 0 amide bonds. The minimum Gasteiger partial charge on any atom is -0.394 e. The van der Waals surface area contributed by atoms with Gasteiger partial charge in [-0.3, -0.25) is 0 Å². The first kappa shape index (κ1) is 17.6. The fraction of sp³-hybridized carbons (Fsp3) is 0.400. The molecule has 0 saturated heterocycles. The number of aliphatic hydroxyl groups is 3. The molecule has 0 aliphatic rings. The molecule has 5 nitrogen and oxygen atoms in total. The lowest BCUT2D eigenvalue weighted by Crippen LogP contribution is -2.31. The van der Waals surface area contributed by atoms with Gasteiger partial charge in [-0.15, -0.1) is 0 Å². The molecule has 0 bridgehead atoms. The monoisotopic (exact) mass is 310 g/mol. The van der Waals surface area contributed by atoms with Gasteiger partial charge in [0, 0.05) is 31.9 Å². The van der Waals surface area contributed by atoms with Gasteiger partial charge in [0.15, 0.2) is 0 Å². The van der Waals surface area contributed by atoms with E-state index in [1.165, 1.54) is 5.49 Å². The number of nitrogens with zero attached hydrogens (tertiary/aromatic N) is 1. The van der Waals surface area contributed by atoms with Gasteiger partial charge in [0.05, 0.1) is 18.2 Å². The molecule has 4 N–H and O–H groups in total. The van der Waals surface area contributed by atoms with E-state index in [-0.39, 0.29) is 6.42 Å². The van der Waals surface area contributed by atoms with Gasteiger partial charge in [-0.25, -0.2) is 0 Å². The van der Waals surface area contributed by atoms with E-state index in [4.69, 9.17) is 17.3 Å². The molecule has 1 rings (SSSR count). The van der Waals surface area contributed by atoms with Gasteiger partial charge in [0.1, 0.15) is 6.10 Å². The lowest BCUT2D eigenvalue weighted by Gasteiger charge is -2.20. The van der Waals surface area contributed by atoms with Crippen LogP contribution in [0.15, 0.2) is 42.2 Å². The Morgan fingerprint density at radius 3 is 2.48 bits per heavy atom. The third-order valence-corrected chi connectivity index (χ3v) is 3.32. The van der Waals surface area contributed by atoms with Crippen molar-refractivity contribution in [3.05, 3.63) is 47.8 Å². The average Bonchev–Trinajstić information content (AvgIpc) is 2.53. The predicted molar refractivity (Wildman–Crippen MR) is 86.5 cm³/mol. The molecule has 2 unspecified atom stereocenters. The zero-order valence-corrected chi connectivity index (χ0v) is 12.8. The standard InChI is InChI=1S/C15H22N2O3S/c1-16-13(7-14(19)15(20)10-18)9-17(11-21)8-12-5-3-2-4-6-12/h2-6,9,11,14-16,18-20H,7-8,10H2,1H3/b13-9-. The smallest absolute Gasteiger partial charge is 0.103 e. The molecule has 6 heteroatoms. The molecule has 1 aromatic rings. The second-order valence-electron chi connectivity index (χ2n) is 4.69. The van der Waals surface area contributed by atoms with E-state index in [1.807, 2.05) is 35.2 Å². The van der Waals surface area contributed by atoms with Gasteiger partial charge in [-0.2, -0.15) is 0 Å². The van der Waals surface area contributed by atoms with Gasteiger partial charge in [-0.1, -0.05) is 42.5 Å². The summed E-state index contributed by atoms with van der Waals surface area (Å²) < 4.78 is 0. The van der Waals surface area contributed by atoms with Crippen molar-refractivity contribution in [3.8, 4) is 0 Å². The minimum absolute atomic E-state index is 0.201. The van der Waals surface area contributed by atoms with Crippen LogP contribution >= 0.6 is 12.2 Å². The van der Waals surface area contributed by atoms with Crippen LogP contribution in [0.3, 0.4) is 0 Å². The number of hydrogen-bond donors (Lipinski definition) is 4. The van der Waals surface area contributed by atoms with Crippen LogP contribution in [0.5, 0.6) is 0 Å². The average molecular weight is 310 g/mol. The number of aliphatic hydroxyl groups excluding tert-OH is 3. The van der Waals surface area contributed by atoms with E-state index >= 15 is 0 Å². The molecule has 0 heterocycles. The van der Waals surface area contributed by atoms with Crippen LogP contribution < -0.4 is 5.32 Å². The number of rotatable bonds is 9. The number of nitrogens with one attached hydrogen (secondary N) is 1. The van der Waals surface area contributed by atoms with Crippen molar-refractivity contribution in [2.45, 2.75) is 25.2 Å². The molecule has 0 spiro atoms. The van der Waals surface area contributed by atoms with E-state index < -0.39 is 18.8 Å². The molecular formula is C15H22N2O3S. The summed E-state index contributed by atoms with van der Waals surface area (Å²) >= 11 is 5.00. The molecular weight excluding hydrogens is 288 g/mol. The van der Waals surface area contributed by atoms with Gasteiger partial charge < -0.3 is 25.5 Å². The van der Waals surface area contributed by atoms with Crippen molar-refractivity contribution < 1.29 is 15.3 Å². The zero-order valence-electron chi connectivity index (χ0n) is 12.0. The Bertz CT molecular complexity index is 453. The molecule has 0 aromatic heterocycles. The third-order valence-electron chi connectivity index (χ3n) is 3.05. The van der Waals surface area contributed by atoms with Crippen LogP contribution in [0.2, 0.25) is 0 Å². The van der Waals surface area contributed by atoms with E-state index in [0.29, 0.717) is 12.2 Å². The highest BCUT2D eigenvalue weighted by Crippen LogP contribution is 2.09. The molecule has 21 heavy (non-hydrogen) atoms. The topological polar surface area (TPSA) is 76.0 Å². The summed E-state index contributed by atoms with van der Waals surface area (Å²) in [5, 5.41) is 30.9. The summed E-state index contributed by atoms with van der Waals surface area (Å²) in [4.78, 5) is 1.81. The first-order chi connectivity index (χ1) is 10.1. The van der Waals surface area contributed by atoms with Gasteiger partial charge >= 0.3 is 0 Å². The Labute approximate surface area is 130 Å². The maximum atomic E-state index is 9.75. The second-order valence-corrected chi connectivity index (χ2v) is 4.90. The molecule has 1 aromatic carbocycles. The molecule has 0 fully saturated rings. The van der Waals surface area contributed by atoms with Gasteiger partial charge in [-0.05, 0) is 5.56 Å². The van der Waals surface area contributed by atoms with Crippen molar-refractivity contribution in [1.82, 2.24) is 10.2 Å². The van der Waals surface area contributed by atoms with Crippen molar-refractivity contribution in [3.63, 3.8) is 0 Å². The first-order valence-corrected chi connectivity index (χ1v) is 7.18. The fourth-order valence-corrected chi connectivity index (χ4v) is 1.95. The van der Waals surface area contributed by atoms with Crippen LogP contribution in [-0.4, -0.2) is 51.6 Å².